The van der Waals surface area contributed by atoms with E-state index in [1.54, 1.807) is 16.2 Å². The third-order valence-electron chi connectivity index (χ3n) is 4.95. The molecule has 1 saturated heterocycles. The molecule has 1 aromatic carbocycles. The molecule has 1 amide bonds. The van der Waals surface area contributed by atoms with Crippen molar-refractivity contribution >= 4 is 28.3 Å². The maximum absolute atomic E-state index is 12.8. The number of thiophene rings is 1. The molecule has 3 heterocycles. The number of nitrogens with zero attached hydrogens (tertiary/aromatic N) is 2. The fourth-order valence-electron chi connectivity index (χ4n) is 3.64. The monoisotopic (exact) mass is 355 g/mol. The summed E-state index contributed by atoms with van der Waals surface area (Å²) in [5.74, 6) is 0.929. The lowest BCUT2D eigenvalue weighted by Gasteiger charge is -2.36. The van der Waals surface area contributed by atoms with Crippen molar-refractivity contribution in [3.63, 3.8) is 0 Å². The number of aryl methyl sites for hydroxylation is 2. The van der Waals surface area contributed by atoms with Crippen molar-refractivity contribution in [3.8, 4) is 0 Å². The lowest BCUT2D eigenvalue weighted by molar-refractivity contribution is 0.0387. The average molecular weight is 355 g/mol. The number of imidazole rings is 1. The maximum atomic E-state index is 12.8. The van der Waals surface area contributed by atoms with Gasteiger partial charge >= 0.3 is 0 Å². The normalized spacial score (nSPS) is 21.0. The molecule has 0 bridgehead atoms. The number of aromatic nitrogens is 2. The van der Waals surface area contributed by atoms with E-state index in [9.17, 15) is 9.90 Å². The second-order valence-electron chi connectivity index (χ2n) is 6.74. The van der Waals surface area contributed by atoms with E-state index in [0.717, 1.165) is 23.3 Å². The van der Waals surface area contributed by atoms with Crippen LogP contribution in [0.5, 0.6) is 0 Å². The Hall–Kier alpha value is -2.18. The number of rotatable bonds is 2. The summed E-state index contributed by atoms with van der Waals surface area (Å²) in [5, 5.41) is 12.7. The maximum Gasteiger partial charge on any atom is 0.254 e. The van der Waals surface area contributed by atoms with E-state index in [-0.39, 0.29) is 11.8 Å². The number of aromatic amines is 1. The lowest BCUT2D eigenvalue weighted by atomic mass is 9.90. The van der Waals surface area contributed by atoms with Crippen molar-refractivity contribution in [1.29, 1.82) is 0 Å². The van der Waals surface area contributed by atoms with Crippen LogP contribution in [-0.2, 0) is 0 Å². The van der Waals surface area contributed by atoms with Crippen LogP contribution in [-0.4, -0.2) is 45.1 Å². The van der Waals surface area contributed by atoms with Gasteiger partial charge in [0.25, 0.3) is 5.91 Å². The molecule has 130 valence electrons. The van der Waals surface area contributed by atoms with Gasteiger partial charge in [-0.2, -0.15) is 0 Å². The number of benzene rings is 1. The van der Waals surface area contributed by atoms with Gasteiger partial charge in [0.2, 0.25) is 0 Å². The van der Waals surface area contributed by atoms with Crippen molar-refractivity contribution in [2.75, 3.05) is 13.1 Å². The Morgan fingerprint density at radius 1 is 1.36 bits per heavy atom. The third kappa shape index (κ3) is 2.96. The van der Waals surface area contributed by atoms with Crippen LogP contribution < -0.4 is 0 Å². The SMILES string of the molecule is Cc1nc2ccc(C(=O)N3CC[C@H](c4sccc4C)[C@@H](O)C3)cc2[nH]1. The number of hydrogen-bond donors (Lipinski definition) is 2. The minimum atomic E-state index is -0.520. The fraction of sp³-hybridized carbons (Fsp3) is 0.368. The van der Waals surface area contributed by atoms with E-state index in [1.807, 2.05) is 25.1 Å². The van der Waals surface area contributed by atoms with E-state index in [2.05, 4.69) is 28.3 Å². The average Bonchev–Trinajstić information content (AvgIpc) is 3.17. The molecule has 0 aliphatic carbocycles. The number of aliphatic hydroxyl groups is 1. The summed E-state index contributed by atoms with van der Waals surface area (Å²) in [6, 6.07) is 7.61. The quantitative estimate of drug-likeness (QED) is 0.741. The third-order valence-corrected chi connectivity index (χ3v) is 6.11. The van der Waals surface area contributed by atoms with Crippen LogP contribution in [0.1, 0.15) is 39.0 Å². The van der Waals surface area contributed by atoms with Gasteiger partial charge in [-0.05, 0) is 55.5 Å². The van der Waals surface area contributed by atoms with Crippen molar-refractivity contribution in [1.82, 2.24) is 14.9 Å². The molecule has 4 rings (SSSR count). The number of piperidine rings is 1. The van der Waals surface area contributed by atoms with Crippen molar-refractivity contribution < 1.29 is 9.90 Å². The number of aliphatic hydroxyl groups excluding tert-OH is 1. The molecule has 2 atom stereocenters. The molecular weight excluding hydrogens is 334 g/mol. The predicted molar refractivity (Wildman–Crippen MR) is 99.2 cm³/mol. The van der Waals surface area contributed by atoms with E-state index < -0.39 is 6.10 Å². The topological polar surface area (TPSA) is 69.2 Å². The van der Waals surface area contributed by atoms with Gasteiger partial charge in [-0.25, -0.2) is 4.98 Å². The predicted octanol–water partition coefficient (Wildman–Crippen LogP) is 3.23. The first-order chi connectivity index (χ1) is 12.0. The van der Waals surface area contributed by atoms with Gasteiger partial charge in [0.05, 0.1) is 17.1 Å². The molecular formula is C19H21N3O2S. The Kier molecular flexibility index (Phi) is 4.09. The van der Waals surface area contributed by atoms with E-state index in [0.29, 0.717) is 18.7 Å². The number of amides is 1. The van der Waals surface area contributed by atoms with E-state index in [1.165, 1.54) is 10.4 Å². The molecule has 1 aliphatic heterocycles. The van der Waals surface area contributed by atoms with Gasteiger partial charge in [0.1, 0.15) is 5.82 Å². The summed E-state index contributed by atoms with van der Waals surface area (Å²) in [5.41, 5.74) is 3.59. The van der Waals surface area contributed by atoms with Crippen LogP contribution >= 0.6 is 11.3 Å². The number of hydrogen-bond acceptors (Lipinski definition) is 4. The van der Waals surface area contributed by atoms with Gasteiger partial charge in [0, 0.05) is 29.4 Å². The number of likely N-dealkylation sites (tertiary alicyclic amines) is 1. The molecule has 0 saturated carbocycles. The lowest BCUT2D eigenvalue weighted by Crippen LogP contribution is -2.45. The molecule has 2 N–H and O–H groups in total. The summed E-state index contributed by atoms with van der Waals surface area (Å²) < 4.78 is 0. The summed E-state index contributed by atoms with van der Waals surface area (Å²) in [6.07, 6.45) is 0.271. The van der Waals surface area contributed by atoms with Crippen LogP contribution in [0.4, 0.5) is 0 Å². The van der Waals surface area contributed by atoms with E-state index in [4.69, 9.17) is 0 Å². The summed E-state index contributed by atoms with van der Waals surface area (Å²) in [6.45, 7) is 5.02. The summed E-state index contributed by atoms with van der Waals surface area (Å²) in [4.78, 5) is 23.4. The van der Waals surface area contributed by atoms with Crippen LogP contribution in [0.25, 0.3) is 11.0 Å². The number of fused-ring (bicyclic) bond motifs is 1. The zero-order valence-corrected chi connectivity index (χ0v) is 15.1. The molecule has 0 spiro atoms. The number of nitrogens with one attached hydrogen (secondary N) is 1. The van der Waals surface area contributed by atoms with Crippen LogP contribution in [0.3, 0.4) is 0 Å². The molecule has 3 aromatic rings. The number of carbonyl (C=O) groups excluding carboxylic acids is 1. The highest BCUT2D eigenvalue weighted by atomic mass is 32.1. The standard InChI is InChI=1S/C19H21N3O2S/c1-11-6-8-25-18(11)14-5-7-22(10-17(14)23)19(24)13-3-4-15-16(9-13)21-12(2)20-15/h3-4,6,8-9,14,17,23H,5,7,10H2,1-2H3,(H,20,21)/t14-,17-/m0/s1. The molecule has 0 radical (unpaired) electrons. The minimum absolute atomic E-state index is 0.0328. The first-order valence-corrected chi connectivity index (χ1v) is 9.38. The van der Waals surface area contributed by atoms with Crippen LogP contribution in [0.2, 0.25) is 0 Å². The van der Waals surface area contributed by atoms with Crippen molar-refractivity contribution in [2.24, 2.45) is 0 Å². The van der Waals surface area contributed by atoms with Crippen molar-refractivity contribution in [3.05, 3.63) is 51.5 Å². The molecule has 0 unspecified atom stereocenters. The smallest absolute Gasteiger partial charge is 0.254 e. The van der Waals surface area contributed by atoms with Gasteiger partial charge in [0.15, 0.2) is 0 Å². The molecule has 6 heteroatoms. The first-order valence-electron chi connectivity index (χ1n) is 8.50. The van der Waals surface area contributed by atoms with Gasteiger partial charge in [-0.3, -0.25) is 4.79 Å². The summed E-state index contributed by atoms with van der Waals surface area (Å²) >= 11 is 1.70. The Morgan fingerprint density at radius 2 is 2.20 bits per heavy atom. The van der Waals surface area contributed by atoms with Gasteiger partial charge in [-0.15, -0.1) is 11.3 Å². The summed E-state index contributed by atoms with van der Waals surface area (Å²) in [7, 11) is 0. The largest absolute Gasteiger partial charge is 0.391 e. The Bertz CT molecular complexity index is 930. The highest BCUT2D eigenvalue weighted by molar-refractivity contribution is 7.10. The first kappa shape index (κ1) is 16.3. The molecule has 1 fully saturated rings. The number of H-pyrrole nitrogens is 1. The van der Waals surface area contributed by atoms with Gasteiger partial charge in [-0.1, -0.05) is 0 Å². The molecule has 25 heavy (non-hydrogen) atoms. The van der Waals surface area contributed by atoms with E-state index >= 15 is 0 Å². The molecule has 5 nitrogen and oxygen atoms in total. The van der Waals surface area contributed by atoms with Crippen molar-refractivity contribution in [2.45, 2.75) is 32.3 Å². The van der Waals surface area contributed by atoms with Gasteiger partial charge < -0.3 is 15.0 Å². The zero-order valence-electron chi connectivity index (χ0n) is 14.3. The second-order valence-corrected chi connectivity index (χ2v) is 7.68. The second kappa shape index (κ2) is 6.28. The van der Waals surface area contributed by atoms with Crippen LogP contribution in [0, 0.1) is 13.8 Å². The minimum Gasteiger partial charge on any atom is -0.391 e. The molecule has 2 aromatic heterocycles. The Balaban J connectivity index is 1.52. The number of carbonyl (C=O) groups is 1. The highest BCUT2D eigenvalue weighted by Gasteiger charge is 2.32. The molecule has 1 aliphatic rings. The van der Waals surface area contributed by atoms with Crippen LogP contribution in [0.15, 0.2) is 29.6 Å². The highest BCUT2D eigenvalue weighted by Crippen LogP contribution is 2.34. The zero-order chi connectivity index (χ0) is 17.6. The Morgan fingerprint density at radius 3 is 2.92 bits per heavy atom. The number of β-amino-alcohol motifs (C(OH)–C–C–N with tert-alkyl or cyclic N) is 1. The fourth-order valence-corrected chi connectivity index (χ4v) is 4.76. The Labute approximate surface area is 150 Å².